The largest absolute Gasteiger partial charge is 0.368 e. The van der Waals surface area contributed by atoms with Gasteiger partial charge in [0.05, 0.1) is 4.92 Å². The van der Waals surface area contributed by atoms with Gasteiger partial charge in [0.1, 0.15) is 5.69 Å². The van der Waals surface area contributed by atoms with Crippen LogP contribution >= 0.6 is 0 Å². The van der Waals surface area contributed by atoms with Crippen molar-refractivity contribution in [3.8, 4) is 0 Å². The second-order valence-corrected chi connectivity index (χ2v) is 6.69. The number of amides is 1. The first-order valence-electron chi connectivity index (χ1n) is 9.36. The Bertz CT molecular complexity index is 901. The van der Waals surface area contributed by atoms with Crippen LogP contribution in [0, 0.1) is 10.1 Å². The Morgan fingerprint density at radius 3 is 2.39 bits per heavy atom. The van der Waals surface area contributed by atoms with Crippen molar-refractivity contribution in [3.63, 3.8) is 0 Å². The van der Waals surface area contributed by atoms with Crippen LogP contribution in [-0.2, 0) is 6.54 Å². The first kappa shape index (κ1) is 19.5. The molecule has 1 aromatic carbocycles. The standard InChI is InChI=1S/C19H23N5O4/c1-2-3-10-23-18(25)9-8-17(20-23)19(26)22-13-11-21(12-14-22)15-4-6-16(7-5-15)24(27)28/h4-9H,2-3,10-14H2,1H3. The van der Waals surface area contributed by atoms with Gasteiger partial charge in [-0.25, -0.2) is 4.68 Å². The minimum Gasteiger partial charge on any atom is -0.368 e. The molecule has 0 aliphatic carbocycles. The molecule has 1 fully saturated rings. The van der Waals surface area contributed by atoms with Crippen molar-refractivity contribution >= 4 is 17.3 Å². The molecule has 1 aliphatic rings. The van der Waals surface area contributed by atoms with Gasteiger partial charge in [0.2, 0.25) is 0 Å². The maximum Gasteiger partial charge on any atom is 0.274 e. The van der Waals surface area contributed by atoms with Gasteiger partial charge in [-0.3, -0.25) is 19.7 Å². The zero-order valence-corrected chi connectivity index (χ0v) is 15.8. The molecule has 1 saturated heterocycles. The highest BCUT2D eigenvalue weighted by Crippen LogP contribution is 2.21. The zero-order valence-electron chi connectivity index (χ0n) is 15.8. The smallest absolute Gasteiger partial charge is 0.274 e. The minimum absolute atomic E-state index is 0.0573. The maximum atomic E-state index is 12.8. The highest BCUT2D eigenvalue weighted by Gasteiger charge is 2.24. The summed E-state index contributed by atoms with van der Waals surface area (Å²) in [5.41, 5.74) is 1.03. The number of nitrogens with zero attached hydrogens (tertiary/aromatic N) is 5. The van der Waals surface area contributed by atoms with Crippen LogP contribution in [0.4, 0.5) is 11.4 Å². The van der Waals surface area contributed by atoms with Crippen LogP contribution in [-0.4, -0.2) is 51.7 Å². The van der Waals surface area contributed by atoms with E-state index >= 15 is 0 Å². The summed E-state index contributed by atoms with van der Waals surface area (Å²) in [7, 11) is 0. The number of aromatic nitrogens is 2. The molecular weight excluding hydrogens is 362 g/mol. The van der Waals surface area contributed by atoms with Crippen LogP contribution < -0.4 is 10.5 Å². The highest BCUT2D eigenvalue weighted by molar-refractivity contribution is 5.92. The lowest BCUT2D eigenvalue weighted by molar-refractivity contribution is -0.384. The summed E-state index contributed by atoms with van der Waals surface area (Å²) >= 11 is 0. The zero-order chi connectivity index (χ0) is 20.1. The average Bonchev–Trinajstić information content (AvgIpc) is 2.73. The van der Waals surface area contributed by atoms with Gasteiger partial charge in [0.15, 0.2) is 0 Å². The molecule has 0 unspecified atom stereocenters. The summed E-state index contributed by atoms with van der Waals surface area (Å²) in [5.74, 6) is -0.186. The lowest BCUT2D eigenvalue weighted by Crippen LogP contribution is -2.49. The number of carbonyl (C=O) groups excluding carboxylic acids is 1. The van der Waals surface area contributed by atoms with Gasteiger partial charge in [-0.15, -0.1) is 0 Å². The number of nitro benzene ring substituents is 1. The molecule has 0 atom stereocenters. The molecule has 3 rings (SSSR count). The van der Waals surface area contributed by atoms with Gasteiger partial charge in [-0.1, -0.05) is 13.3 Å². The van der Waals surface area contributed by atoms with Crippen LogP contribution in [0.25, 0.3) is 0 Å². The molecule has 28 heavy (non-hydrogen) atoms. The maximum absolute atomic E-state index is 12.8. The van der Waals surface area contributed by atoms with Gasteiger partial charge >= 0.3 is 0 Å². The van der Waals surface area contributed by atoms with E-state index in [4.69, 9.17) is 0 Å². The Morgan fingerprint density at radius 2 is 1.79 bits per heavy atom. The molecule has 9 heteroatoms. The lowest BCUT2D eigenvalue weighted by Gasteiger charge is -2.35. The number of hydrogen-bond acceptors (Lipinski definition) is 6. The van der Waals surface area contributed by atoms with E-state index in [0.717, 1.165) is 18.5 Å². The molecule has 0 N–H and O–H groups in total. The first-order chi connectivity index (χ1) is 13.5. The molecule has 9 nitrogen and oxygen atoms in total. The number of piperazine rings is 1. The van der Waals surface area contributed by atoms with Gasteiger partial charge in [0.25, 0.3) is 17.2 Å². The van der Waals surface area contributed by atoms with Crippen molar-refractivity contribution in [2.24, 2.45) is 0 Å². The van der Waals surface area contributed by atoms with Crippen molar-refractivity contribution in [3.05, 3.63) is 62.6 Å². The Labute approximate surface area is 162 Å². The number of nitro groups is 1. The second kappa shape index (κ2) is 8.64. The summed E-state index contributed by atoms with van der Waals surface area (Å²) in [4.78, 5) is 38.8. The number of unbranched alkanes of at least 4 members (excludes halogenated alkanes) is 1. The number of anilines is 1. The van der Waals surface area contributed by atoms with Crippen molar-refractivity contribution in [2.75, 3.05) is 31.1 Å². The number of hydrogen-bond donors (Lipinski definition) is 0. The SMILES string of the molecule is CCCCn1nc(C(=O)N2CCN(c3ccc([N+](=O)[O-])cc3)CC2)ccc1=O. The molecule has 0 bridgehead atoms. The van der Waals surface area contributed by atoms with E-state index in [2.05, 4.69) is 10.00 Å². The monoisotopic (exact) mass is 385 g/mol. The predicted molar refractivity (Wildman–Crippen MR) is 105 cm³/mol. The fraction of sp³-hybridized carbons (Fsp3) is 0.421. The summed E-state index contributed by atoms with van der Waals surface area (Å²) in [6.07, 6.45) is 1.77. The lowest BCUT2D eigenvalue weighted by atomic mass is 10.2. The van der Waals surface area contributed by atoms with Crippen LogP contribution in [0.2, 0.25) is 0 Å². The van der Waals surface area contributed by atoms with Crippen LogP contribution in [0.5, 0.6) is 0 Å². The molecule has 0 radical (unpaired) electrons. The number of rotatable bonds is 6. The summed E-state index contributed by atoms with van der Waals surface area (Å²) < 4.78 is 1.35. The van der Waals surface area contributed by atoms with E-state index in [1.165, 1.54) is 28.9 Å². The third-order valence-corrected chi connectivity index (χ3v) is 4.80. The van der Waals surface area contributed by atoms with Crippen LogP contribution in [0.1, 0.15) is 30.3 Å². The molecule has 1 aliphatic heterocycles. The van der Waals surface area contributed by atoms with Crippen molar-refractivity contribution < 1.29 is 9.72 Å². The number of benzene rings is 1. The van der Waals surface area contributed by atoms with Crippen LogP contribution in [0.3, 0.4) is 0 Å². The van der Waals surface area contributed by atoms with E-state index in [0.29, 0.717) is 32.7 Å². The summed E-state index contributed by atoms with van der Waals surface area (Å²) in [6, 6.07) is 9.28. The second-order valence-electron chi connectivity index (χ2n) is 6.69. The number of carbonyl (C=O) groups is 1. The molecule has 1 aromatic heterocycles. The molecule has 0 saturated carbocycles. The third-order valence-electron chi connectivity index (χ3n) is 4.80. The predicted octanol–water partition coefficient (Wildman–Crippen LogP) is 1.91. The average molecular weight is 385 g/mol. The van der Waals surface area contributed by atoms with E-state index in [1.807, 2.05) is 6.92 Å². The van der Waals surface area contributed by atoms with Crippen molar-refractivity contribution in [1.82, 2.24) is 14.7 Å². The van der Waals surface area contributed by atoms with E-state index in [-0.39, 0.29) is 22.8 Å². The topological polar surface area (TPSA) is 102 Å². The number of aryl methyl sites for hydroxylation is 1. The van der Waals surface area contributed by atoms with Gasteiger partial charge in [-0.2, -0.15) is 5.10 Å². The normalized spacial score (nSPS) is 14.2. The Morgan fingerprint density at radius 1 is 1.11 bits per heavy atom. The fourth-order valence-corrected chi connectivity index (χ4v) is 3.15. The van der Waals surface area contributed by atoms with E-state index in [1.54, 1.807) is 17.0 Å². The van der Waals surface area contributed by atoms with Crippen molar-refractivity contribution in [2.45, 2.75) is 26.3 Å². The molecule has 2 heterocycles. The van der Waals surface area contributed by atoms with Gasteiger partial charge in [0, 0.05) is 56.6 Å². The highest BCUT2D eigenvalue weighted by atomic mass is 16.6. The van der Waals surface area contributed by atoms with E-state index < -0.39 is 4.92 Å². The molecule has 1 amide bonds. The van der Waals surface area contributed by atoms with Crippen LogP contribution in [0.15, 0.2) is 41.2 Å². The number of non-ortho nitro benzene ring substituents is 1. The van der Waals surface area contributed by atoms with Gasteiger partial charge < -0.3 is 9.80 Å². The Balaban J connectivity index is 1.63. The van der Waals surface area contributed by atoms with Gasteiger partial charge in [-0.05, 0) is 24.6 Å². The Hall–Kier alpha value is -3.23. The van der Waals surface area contributed by atoms with Crippen molar-refractivity contribution in [1.29, 1.82) is 0 Å². The van der Waals surface area contributed by atoms with E-state index in [9.17, 15) is 19.7 Å². The first-order valence-corrected chi connectivity index (χ1v) is 9.36. The summed E-state index contributed by atoms with van der Waals surface area (Å²) in [6.45, 7) is 4.82. The summed E-state index contributed by atoms with van der Waals surface area (Å²) in [5, 5.41) is 15.0. The molecule has 2 aromatic rings. The Kier molecular flexibility index (Phi) is 6.03. The molecule has 0 spiro atoms. The molecular formula is C19H23N5O4. The fourth-order valence-electron chi connectivity index (χ4n) is 3.15. The minimum atomic E-state index is -0.423. The molecule has 148 valence electrons. The third kappa shape index (κ3) is 4.36. The quantitative estimate of drug-likeness (QED) is 0.556.